The lowest BCUT2D eigenvalue weighted by atomic mass is 10.0. The minimum absolute atomic E-state index is 0.0379. The molecule has 0 heterocycles. The normalized spacial score (nSPS) is 14.1. The molecule has 0 amide bonds. The summed E-state index contributed by atoms with van der Waals surface area (Å²) in [5.74, 6) is -0.871. The molecule has 2 atom stereocenters. The maximum absolute atomic E-state index is 12.7. The van der Waals surface area contributed by atoms with E-state index >= 15 is 0 Å². The zero-order valence-corrected chi connectivity index (χ0v) is 36.8. The number of esters is 2. The zero-order chi connectivity index (χ0) is 40.7. The molecule has 0 fully saturated rings. The molecule has 55 heavy (non-hydrogen) atoms. The Morgan fingerprint density at radius 2 is 0.982 bits per heavy atom. The number of unbranched alkanes of at least 4 members (excludes halogenated alkanes) is 17. The van der Waals surface area contributed by atoms with Crippen molar-refractivity contribution < 1.29 is 42.1 Å². The van der Waals surface area contributed by atoms with Gasteiger partial charge in [-0.15, -0.1) is 0 Å². The number of rotatable bonds is 39. The van der Waals surface area contributed by atoms with E-state index in [2.05, 4.69) is 62.5 Å². The molecule has 0 radical (unpaired) electrons. The first-order valence-electron chi connectivity index (χ1n) is 21.8. The fourth-order valence-corrected chi connectivity index (χ4v) is 6.37. The number of hydrogen-bond donors (Lipinski definition) is 0. The van der Waals surface area contributed by atoms with E-state index in [9.17, 15) is 19.0 Å². The van der Waals surface area contributed by atoms with Crippen molar-refractivity contribution in [1.29, 1.82) is 0 Å². The number of nitrogens with zero attached hydrogens (tertiary/aromatic N) is 1. The van der Waals surface area contributed by atoms with Crippen LogP contribution in [0.15, 0.2) is 48.6 Å². The molecule has 1 unspecified atom stereocenters. The second-order valence-electron chi connectivity index (χ2n) is 15.7. The summed E-state index contributed by atoms with van der Waals surface area (Å²) in [4.78, 5) is 37.5. The maximum atomic E-state index is 12.7. The van der Waals surface area contributed by atoms with Crippen LogP contribution in [0.4, 0.5) is 0 Å². The van der Waals surface area contributed by atoms with Gasteiger partial charge in [0, 0.05) is 12.8 Å². The van der Waals surface area contributed by atoms with Gasteiger partial charge in [0.15, 0.2) is 6.10 Å². The van der Waals surface area contributed by atoms with Crippen molar-refractivity contribution in [2.75, 3.05) is 47.5 Å². The third-order valence-electron chi connectivity index (χ3n) is 9.10. The average molecular weight is 796 g/mol. The third kappa shape index (κ3) is 41.4. The lowest BCUT2D eigenvalue weighted by Crippen LogP contribution is -2.37. The van der Waals surface area contributed by atoms with Crippen molar-refractivity contribution in [1.82, 2.24) is 0 Å². The van der Waals surface area contributed by atoms with E-state index in [4.69, 9.17) is 18.5 Å². The standard InChI is InChI=1S/C45H82NO8P/c1-6-8-10-12-14-16-18-20-21-22-23-24-25-26-28-30-32-34-36-38-45(48)54-43(42-53-55(49,50)52-40-39-46(3,4)5)41-51-44(47)37-35-33-31-29-27-19-17-15-13-11-9-7-2/h14,16,20-21,23-24,26,28,43H,6-13,15,17-19,22,25,27,29-42H2,1-5H3/b16-14-,21-20-,24-23-,28-26-/t43-/m1/s1. The molecule has 0 rings (SSSR count). The van der Waals surface area contributed by atoms with Gasteiger partial charge in [0.05, 0.1) is 27.7 Å². The van der Waals surface area contributed by atoms with E-state index in [1.165, 1.54) is 83.5 Å². The third-order valence-corrected chi connectivity index (χ3v) is 10.1. The van der Waals surface area contributed by atoms with E-state index < -0.39 is 32.5 Å². The summed E-state index contributed by atoms with van der Waals surface area (Å²) >= 11 is 0. The predicted molar refractivity (Wildman–Crippen MR) is 227 cm³/mol. The van der Waals surface area contributed by atoms with E-state index in [0.29, 0.717) is 17.4 Å². The van der Waals surface area contributed by atoms with Crippen LogP contribution in [0.5, 0.6) is 0 Å². The summed E-state index contributed by atoms with van der Waals surface area (Å²) < 4.78 is 33.8. The molecule has 0 aromatic rings. The van der Waals surface area contributed by atoms with E-state index in [1.807, 2.05) is 21.1 Å². The maximum Gasteiger partial charge on any atom is 0.306 e. The van der Waals surface area contributed by atoms with Crippen molar-refractivity contribution in [2.24, 2.45) is 0 Å². The molecular weight excluding hydrogens is 713 g/mol. The van der Waals surface area contributed by atoms with Crippen LogP contribution in [0.25, 0.3) is 0 Å². The van der Waals surface area contributed by atoms with Gasteiger partial charge in [-0.25, -0.2) is 0 Å². The van der Waals surface area contributed by atoms with Gasteiger partial charge in [0.1, 0.15) is 19.8 Å². The van der Waals surface area contributed by atoms with Gasteiger partial charge in [0.2, 0.25) is 0 Å². The van der Waals surface area contributed by atoms with Gasteiger partial charge < -0.3 is 27.9 Å². The number of carbonyl (C=O) groups excluding carboxylic acids is 2. The minimum Gasteiger partial charge on any atom is -0.756 e. The van der Waals surface area contributed by atoms with Crippen LogP contribution in [0.1, 0.15) is 174 Å². The van der Waals surface area contributed by atoms with Crippen LogP contribution in [-0.4, -0.2) is 70.0 Å². The monoisotopic (exact) mass is 796 g/mol. The van der Waals surface area contributed by atoms with E-state index in [0.717, 1.165) is 57.8 Å². The Morgan fingerprint density at radius 3 is 1.49 bits per heavy atom. The second-order valence-corrected chi connectivity index (χ2v) is 17.1. The lowest BCUT2D eigenvalue weighted by Gasteiger charge is -2.28. The first-order valence-corrected chi connectivity index (χ1v) is 23.3. The summed E-state index contributed by atoms with van der Waals surface area (Å²) in [5.41, 5.74) is 0. The van der Waals surface area contributed by atoms with Crippen LogP contribution >= 0.6 is 7.82 Å². The Hall–Kier alpha value is -2.03. The van der Waals surface area contributed by atoms with Crippen LogP contribution in [0, 0.1) is 0 Å². The summed E-state index contributed by atoms with van der Waals surface area (Å²) in [6.45, 7) is 4.15. The fourth-order valence-electron chi connectivity index (χ4n) is 5.64. The number of phosphoric acid groups is 1. The molecule has 0 aliphatic heterocycles. The molecule has 0 aliphatic carbocycles. The van der Waals surface area contributed by atoms with Crippen molar-refractivity contribution in [2.45, 2.75) is 180 Å². The molecule has 0 spiro atoms. The van der Waals surface area contributed by atoms with Gasteiger partial charge in [-0.2, -0.15) is 0 Å². The Bertz CT molecular complexity index is 1080. The van der Waals surface area contributed by atoms with Crippen molar-refractivity contribution in [3.05, 3.63) is 48.6 Å². The van der Waals surface area contributed by atoms with Crippen LogP contribution < -0.4 is 4.89 Å². The molecule has 0 saturated carbocycles. The van der Waals surface area contributed by atoms with Gasteiger partial charge in [-0.05, 0) is 57.8 Å². The number of ether oxygens (including phenoxy) is 2. The van der Waals surface area contributed by atoms with Crippen molar-refractivity contribution >= 4 is 19.8 Å². The second kappa shape index (κ2) is 37.5. The molecule has 10 heteroatoms. The highest BCUT2D eigenvalue weighted by atomic mass is 31.2. The Balaban J connectivity index is 4.43. The summed E-state index contributed by atoms with van der Waals surface area (Å²) in [6.07, 6.45) is 42.8. The number of phosphoric ester groups is 1. The number of hydrogen-bond acceptors (Lipinski definition) is 8. The molecule has 320 valence electrons. The molecule has 0 aliphatic rings. The van der Waals surface area contributed by atoms with Gasteiger partial charge in [0.25, 0.3) is 7.82 Å². The first-order chi connectivity index (χ1) is 26.5. The highest BCUT2D eigenvalue weighted by molar-refractivity contribution is 7.45. The smallest absolute Gasteiger partial charge is 0.306 e. The Labute approximate surface area is 337 Å². The largest absolute Gasteiger partial charge is 0.756 e. The number of quaternary nitrogens is 1. The highest BCUT2D eigenvalue weighted by Crippen LogP contribution is 2.38. The quantitative estimate of drug-likeness (QED) is 0.0199. The van der Waals surface area contributed by atoms with Crippen LogP contribution in [0.2, 0.25) is 0 Å². The molecule has 0 N–H and O–H groups in total. The SMILES string of the molecule is CCCCC/C=C\C/C=C\C/C=C\C/C=C\CCCCCC(=O)O[C@H](COC(=O)CCCCCCCCCCCCCC)COP(=O)([O-])OCC[N+](C)(C)C. The highest BCUT2D eigenvalue weighted by Gasteiger charge is 2.21. The topological polar surface area (TPSA) is 111 Å². The minimum atomic E-state index is -4.63. The molecule has 0 bridgehead atoms. The molecule has 9 nitrogen and oxygen atoms in total. The summed E-state index contributed by atoms with van der Waals surface area (Å²) in [6, 6.07) is 0. The summed E-state index contributed by atoms with van der Waals surface area (Å²) in [7, 11) is 1.14. The van der Waals surface area contributed by atoms with E-state index in [-0.39, 0.29) is 26.1 Å². The fraction of sp³-hybridized carbons (Fsp3) is 0.778. The summed E-state index contributed by atoms with van der Waals surface area (Å²) in [5, 5.41) is 0. The van der Waals surface area contributed by atoms with Crippen molar-refractivity contribution in [3.63, 3.8) is 0 Å². The Kier molecular flexibility index (Phi) is 36.2. The number of allylic oxidation sites excluding steroid dienone is 8. The zero-order valence-electron chi connectivity index (χ0n) is 35.9. The number of carbonyl (C=O) groups is 2. The van der Waals surface area contributed by atoms with Crippen molar-refractivity contribution in [3.8, 4) is 0 Å². The predicted octanol–water partition coefficient (Wildman–Crippen LogP) is 11.7. The average Bonchev–Trinajstić information content (AvgIpc) is 3.13. The van der Waals surface area contributed by atoms with Gasteiger partial charge in [-0.3, -0.25) is 14.2 Å². The van der Waals surface area contributed by atoms with Gasteiger partial charge >= 0.3 is 11.9 Å². The first kappa shape index (κ1) is 53.0. The lowest BCUT2D eigenvalue weighted by molar-refractivity contribution is -0.870. The number of likely N-dealkylation sites (N-methyl/N-ethyl adjacent to an activating group) is 1. The van der Waals surface area contributed by atoms with Gasteiger partial charge in [-0.1, -0.05) is 152 Å². The van der Waals surface area contributed by atoms with Crippen LogP contribution in [-0.2, 0) is 32.7 Å². The molecule has 0 saturated heterocycles. The molecule has 0 aromatic carbocycles. The van der Waals surface area contributed by atoms with Crippen LogP contribution in [0.3, 0.4) is 0 Å². The van der Waals surface area contributed by atoms with E-state index in [1.54, 1.807) is 0 Å². The molecule has 0 aromatic heterocycles. The Morgan fingerprint density at radius 1 is 0.564 bits per heavy atom. The molecular formula is C45H82NO8P.